The van der Waals surface area contributed by atoms with Crippen LogP contribution in [0.25, 0.3) is 0 Å². The molecule has 1 atom stereocenters. The summed E-state index contributed by atoms with van der Waals surface area (Å²) in [5, 5.41) is 3.50. The molecule has 0 saturated heterocycles. The van der Waals surface area contributed by atoms with Gasteiger partial charge in [0.2, 0.25) is 0 Å². The van der Waals surface area contributed by atoms with Crippen molar-refractivity contribution >= 4 is 5.69 Å². The van der Waals surface area contributed by atoms with E-state index >= 15 is 0 Å². The molecule has 0 bridgehead atoms. The Morgan fingerprint density at radius 1 is 1.26 bits per heavy atom. The fraction of sp³-hybridized carbons (Fsp3) is 0.625. The summed E-state index contributed by atoms with van der Waals surface area (Å²) in [5.74, 6) is -0.152. The summed E-state index contributed by atoms with van der Waals surface area (Å²) in [6.07, 6.45) is 5.08. The number of hydrogen-bond donors (Lipinski definition) is 1. The number of benzene rings is 1. The van der Waals surface area contributed by atoms with Crippen LogP contribution in [0, 0.1) is 5.82 Å². The van der Waals surface area contributed by atoms with Crippen LogP contribution in [-0.2, 0) is 0 Å². The second-order valence-electron chi connectivity index (χ2n) is 5.22. The molecule has 3 heteroatoms. The number of unbranched alkanes of at least 4 members (excludes halogenated alkanes) is 2. The van der Waals surface area contributed by atoms with E-state index in [1.54, 1.807) is 6.07 Å². The van der Waals surface area contributed by atoms with Crippen molar-refractivity contribution < 1.29 is 4.39 Å². The number of para-hydroxylation sites is 1. The monoisotopic (exact) mass is 266 g/mol. The highest BCUT2D eigenvalue weighted by Crippen LogP contribution is 2.16. The van der Waals surface area contributed by atoms with E-state index in [1.165, 1.54) is 31.7 Å². The largest absolute Gasteiger partial charge is 0.371 e. The number of rotatable bonds is 9. The van der Waals surface area contributed by atoms with Crippen molar-refractivity contribution in [3.8, 4) is 0 Å². The maximum atomic E-state index is 13.6. The molecule has 1 N–H and O–H groups in total. The first-order valence-corrected chi connectivity index (χ1v) is 7.34. The minimum atomic E-state index is -0.152. The number of likely N-dealkylation sites (N-methyl/N-ethyl adjacent to an activating group) is 1. The van der Waals surface area contributed by atoms with Gasteiger partial charge in [0, 0.05) is 26.2 Å². The SMILES string of the molecule is CCCCCC(C)NCCN(C)c1ccccc1F. The molecule has 0 heterocycles. The van der Waals surface area contributed by atoms with Crippen LogP contribution in [0.5, 0.6) is 0 Å². The quantitative estimate of drug-likeness (QED) is 0.684. The summed E-state index contributed by atoms with van der Waals surface area (Å²) in [6.45, 7) is 6.15. The number of nitrogens with one attached hydrogen (secondary N) is 1. The fourth-order valence-electron chi connectivity index (χ4n) is 2.16. The fourth-order valence-corrected chi connectivity index (χ4v) is 2.16. The Bertz CT molecular complexity index is 354. The molecule has 0 radical (unpaired) electrons. The first-order chi connectivity index (χ1) is 9.15. The van der Waals surface area contributed by atoms with Crippen molar-refractivity contribution in [2.24, 2.45) is 0 Å². The molecule has 0 spiro atoms. The van der Waals surface area contributed by atoms with Gasteiger partial charge in [0.1, 0.15) is 5.82 Å². The Kier molecular flexibility index (Phi) is 7.49. The molecule has 0 amide bonds. The minimum Gasteiger partial charge on any atom is -0.371 e. The van der Waals surface area contributed by atoms with E-state index in [9.17, 15) is 4.39 Å². The maximum Gasteiger partial charge on any atom is 0.146 e. The molecule has 0 aromatic heterocycles. The molecule has 0 aliphatic rings. The second kappa shape index (κ2) is 8.92. The maximum absolute atomic E-state index is 13.6. The Labute approximate surface area is 117 Å². The van der Waals surface area contributed by atoms with E-state index in [2.05, 4.69) is 19.2 Å². The molecule has 1 aromatic carbocycles. The molecular formula is C16H27FN2. The van der Waals surface area contributed by atoms with Crippen molar-refractivity contribution in [3.05, 3.63) is 30.1 Å². The molecule has 0 saturated carbocycles. The summed E-state index contributed by atoms with van der Waals surface area (Å²) in [5.41, 5.74) is 0.669. The number of anilines is 1. The molecule has 2 nitrogen and oxygen atoms in total. The van der Waals surface area contributed by atoms with Gasteiger partial charge in [-0.3, -0.25) is 0 Å². The van der Waals surface area contributed by atoms with Gasteiger partial charge in [-0.25, -0.2) is 4.39 Å². The zero-order valence-electron chi connectivity index (χ0n) is 12.5. The van der Waals surface area contributed by atoms with Gasteiger partial charge >= 0.3 is 0 Å². The highest BCUT2D eigenvalue weighted by molar-refractivity contribution is 5.46. The van der Waals surface area contributed by atoms with E-state index in [4.69, 9.17) is 0 Å². The van der Waals surface area contributed by atoms with Gasteiger partial charge < -0.3 is 10.2 Å². The lowest BCUT2D eigenvalue weighted by atomic mass is 10.1. The van der Waals surface area contributed by atoms with Crippen LogP contribution in [-0.4, -0.2) is 26.2 Å². The Morgan fingerprint density at radius 2 is 2.00 bits per heavy atom. The molecule has 0 aliphatic carbocycles. The highest BCUT2D eigenvalue weighted by Gasteiger charge is 2.06. The number of hydrogen-bond acceptors (Lipinski definition) is 2. The normalized spacial score (nSPS) is 12.4. The third kappa shape index (κ3) is 6.06. The summed E-state index contributed by atoms with van der Waals surface area (Å²) >= 11 is 0. The molecule has 1 aromatic rings. The molecule has 0 fully saturated rings. The topological polar surface area (TPSA) is 15.3 Å². The van der Waals surface area contributed by atoms with E-state index < -0.39 is 0 Å². The first kappa shape index (κ1) is 16.0. The van der Waals surface area contributed by atoms with Crippen molar-refractivity contribution in [1.82, 2.24) is 5.32 Å². The van der Waals surface area contributed by atoms with Gasteiger partial charge in [0.15, 0.2) is 0 Å². The van der Waals surface area contributed by atoms with Gasteiger partial charge in [0.25, 0.3) is 0 Å². The van der Waals surface area contributed by atoms with E-state index in [1.807, 2.05) is 24.1 Å². The predicted molar refractivity (Wildman–Crippen MR) is 81.3 cm³/mol. The van der Waals surface area contributed by atoms with Crippen molar-refractivity contribution in [3.63, 3.8) is 0 Å². The minimum absolute atomic E-state index is 0.152. The standard InChI is InChI=1S/C16H27FN2/c1-4-5-6-9-14(2)18-12-13-19(3)16-11-8-7-10-15(16)17/h7-8,10-11,14,18H,4-6,9,12-13H2,1-3H3. The molecule has 19 heavy (non-hydrogen) atoms. The van der Waals surface area contributed by atoms with Crippen LogP contribution in [0.1, 0.15) is 39.5 Å². The van der Waals surface area contributed by atoms with Crippen molar-refractivity contribution in [1.29, 1.82) is 0 Å². The zero-order valence-corrected chi connectivity index (χ0v) is 12.5. The summed E-state index contributed by atoms with van der Waals surface area (Å²) < 4.78 is 13.6. The third-order valence-electron chi connectivity index (χ3n) is 3.44. The lowest BCUT2D eigenvalue weighted by Gasteiger charge is -2.21. The Morgan fingerprint density at radius 3 is 2.68 bits per heavy atom. The lowest BCUT2D eigenvalue weighted by molar-refractivity contribution is 0.490. The van der Waals surface area contributed by atoms with Gasteiger partial charge in [-0.1, -0.05) is 38.3 Å². The Hall–Kier alpha value is -1.09. The van der Waals surface area contributed by atoms with Crippen LogP contribution in [0.15, 0.2) is 24.3 Å². The zero-order chi connectivity index (χ0) is 14.1. The van der Waals surface area contributed by atoms with Crippen LogP contribution in [0.3, 0.4) is 0 Å². The average Bonchev–Trinajstić information content (AvgIpc) is 2.39. The van der Waals surface area contributed by atoms with E-state index in [0.29, 0.717) is 11.7 Å². The molecule has 1 unspecified atom stereocenters. The Balaban J connectivity index is 2.24. The van der Waals surface area contributed by atoms with E-state index in [0.717, 1.165) is 13.1 Å². The molecule has 1 rings (SSSR count). The predicted octanol–water partition coefficient (Wildman–Crippen LogP) is 3.82. The molecule has 0 aliphatic heterocycles. The van der Waals surface area contributed by atoms with Gasteiger partial charge in [0.05, 0.1) is 5.69 Å². The third-order valence-corrected chi connectivity index (χ3v) is 3.44. The highest BCUT2D eigenvalue weighted by atomic mass is 19.1. The second-order valence-corrected chi connectivity index (χ2v) is 5.22. The van der Waals surface area contributed by atoms with Crippen molar-refractivity contribution in [2.45, 2.75) is 45.6 Å². The van der Waals surface area contributed by atoms with Gasteiger partial charge in [-0.2, -0.15) is 0 Å². The smallest absolute Gasteiger partial charge is 0.146 e. The first-order valence-electron chi connectivity index (χ1n) is 7.34. The number of halogens is 1. The van der Waals surface area contributed by atoms with Crippen molar-refractivity contribution in [2.75, 3.05) is 25.0 Å². The summed E-state index contributed by atoms with van der Waals surface area (Å²) in [7, 11) is 1.93. The lowest BCUT2D eigenvalue weighted by Crippen LogP contribution is -2.34. The average molecular weight is 266 g/mol. The van der Waals surface area contributed by atoms with Gasteiger partial charge in [-0.15, -0.1) is 0 Å². The molecule has 108 valence electrons. The number of nitrogens with zero attached hydrogens (tertiary/aromatic N) is 1. The van der Waals surface area contributed by atoms with Crippen LogP contribution in [0.4, 0.5) is 10.1 Å². The van der Waals surface area contributed by atoms with Crippen LogP contribution < -0.4 is 10.2 Å². The van der Waals surface area contributed by atoms with Crippen LogP contribution >= 0.6 is 0 Å². The summed E-state index contributed by atoms with van der Waals surface area (Å²) in [6, 6.07) is 7.46. The summed E-state index contributed by atoms with van der Waals surface area (Å²) in [4.78, 5) is 1.96. The van der Waals surface area contributed by atoms with Gasteiger partial charge in [-0.05, 0) is 25.5 Å². The van der Waals surface area contributed by atoms with Crippen LogP contribution in [0.2, 0.25) is 0 Å². The van der Waals surface area contributed by atoms with E-state index in [-0.39, 0.29) is 5.82 Å². The molecular weight excluding hydrogens is 239 g/mol.